The zero-order chi connectivity index (χ0) is 22.0. The van der Waals surface area contributed by atoms with Gasteiger partial charge in [0.05, 0.1) is 30.2 Å². The lowest BCUT2D eigenvalue weighted by molar-refractivity contribution is 0.346. The normalized spacial score (nSPS) is 22.9. The summed E-state index contributed by atoms with van der Waals surface area (Å²) in [5.41, 5.74) is 2.88. The average molecular weight is 426 g/mol. The summed E-state index contributed by atoms with van der Waals surface area (Å²) in [7, 11) is 1.69. The van der Waals surface area contributed by atoms with Gasteiger partial charge in [0.1, 0.15) is 11.6 Å². The average Bonchev–Trinajstić information content (AvgIpc) is 3.41. The van der Waals surface area contributed by atoms with E-state index in [1.165, 1.54) is 0 Å². The van der Waals surface area contributed by atoms with Crippen molar-refractivity contribution in [3.8, 4) is 11.4 Å². The highest BCUT2D eigenvalue weighted by Gasteiger charge is 2.36. The first-order chi connectivity index (χ1) is 15.7. The van der Waals surface area contributed by atoms with Gasteiger partial charge in [-0.2, -0.15) is 5.10 Å². The number of nitrogens with zero attached hydrogens (tertiary/aromatic N) is 5. The molecule has 32 heavy (non-hydrogen) atoms. The molecule has 1 unspecified atom stereocenters. The van der Waals surface area contributed by atoms with Gasteiger partial charge in [0, 0.05) is 12.7 Å². The fourth-order valence-corrected chi connectivity index (χ4v) is 4.49. The molecule has 1 aromatic carbocycles. The highest BCUT2D eigenvalue weighted by molar-refractivity contribution is 5.69. The predicted octanol–water partition coefficient (Wildman–Crippen LogP) is 5.06. The molecule has 6 heteroatoms. The van der Waals surface area contributed by atoms with E-state index in [2.05, 4.69) is 52.2 Å². The Hall–Kier alpha value is -3.67. The first-order valence-corrected chi connectivity index (χ1v) is 11.0. The summed E-state index contributed by atoms with van der Waals surface area (Å²) >= 11 is 0. The summed E-state index contributed by atoms with van der Waals surface area (Å²) in [5, 5.41) is 4.78. The fourth-order valence-electron chi connectivity index (χ4n) is 4.49. The molecule has 0 amide bonds. The van der Waals surface area contributed by atoms with E-state index in [0.29, 0.717) is 0 Å². The van der Waals surface area contributed by atoms with Crippen molar-refractivity contribution in [1.29, 1.82) is 0 Å². The second-order valence-electron chi connectivity index (χ2n) is 8.34. The summed E-state index contributed by atoms with van der Waals surface area (Å²) in [6.07, 6.45) is 23.9. The maximum atomic E-state index is 5.63. The zero-order valence-electron chi connectivity index (χ0n) is 18.5. The SMILES string of the molecule is COc1cc(/C=C/c2nc3n(n2)CCCC32/C=C/C=C\C=C/C2)ccc1-n1cnc(C)c1. The minimum Gasteiger partial charge on any atom is -0.495 e. The number of aromatic nitrogens is 5. The Morgan fingerprint density at radius 3 is 2.88 bits per heavy atom. The van der Waals surface area contributed by atoms with Gasteiger partial charge in [-0.3, -0.25) is 0 Å². The van der Waals surface area contributed by atoms with Crippen molar-refractivity contribution in [2.75, 3.05) is 7.11 Å². The van der Waals surface area contributed by atoms with Crippen molar-refractivity contribution in [2.24, 2.45) is 0 Å². The predicted molar refractivity (Wildman–Crippen MR) is 127 cm³/mol. The molecule has 1 aliphatic heterocycles. The topological polar surface area (TPSA) is 57.8 Å². The van der Waals surface area contributed by atoms with Crippen molar-refractivity contribution in [3.63, 3.8) is 0 Å². The van der Waals surface area contributed by atoms with Crippen LogP contribution in [0.1, 0.15) is 42.2 Å². The highest BCUT2D eigenvalue weighted by Crippen LogP contribution is 2.38. The largest absolute Gasteiger partial charge is 0.495 e. The van der Waals surface area contributed by atoms with Gasteiger partial charge in [0.2, 0.25) is 0 Å². The van der Waals surface area contributed by atoms with Gasteiger partial charge in [0.25, 0.3) is 0 Å². The number of methoxy groups -OCH3 is 1. The third-order valence-corrected chi connectivity index (χ3v) is 6.11. The molecule has 162 valence electrons. The Balaban J connectivity index is 1.43. The first kappa shape index (κ1) is 20.2. The summed E-state index contributed by atoms with van der Waals surface area (Å²) < 4.78 is 9.68. The van der Waals surface area contributed by atoms with Crippen molar-refractivity contribution in [1.82, 2.24) is 24.3 Å². The van der Waals surface area contributed by atoms with Crippen molar-refractivity contribution < 1.29 is 4.74 Å². The number of aryl methyl sites for hydroxylation is 2. The van der Waals surface area contributed by atoms with Crippen molar-refractivity contribution >= 4 is 12.2 Å². The van der Waals surface area contributed by atoms with E-state index in [1.807, 2.05) is 42.0 Å². The van der Waals surface area contributed by atoms with Gasteiger partial charge in [0.15, 0.2) is 5.82 Å². The lowest BCUT2D eigenvalue weighted by Gasteiger charge is -2.33. The number of imidazole rings is 1. The van der Waals surface area contributed by atoms with E-state index in [9.17, 15) is 0 Å². The third-order valence-electron chi connectivity index (χ3n) is 6.11. The summed E-state index contributed by atoms with van der Waals surface area (Å²) in [5.74, 6) is 2.59. The third kappa shape index (κ3) is 3.84. The second kappa shape index (κ2) is 8.46. The van der Waals surface area contributed by atoms with Crippen LogP contribution >= 0.6 is 0 Å². The fraction of sp³-hybridized carbons (Fsp3) is 0.269. The number of benzene rings is 1. The molecular weight excluding hydrogens is 398 g/mol. The minimum atomic E-state index is -0.0770. The van der Waals surface area contributed by atoms with Gasteiger partial charge in [-0.25, -0.2) is 14.6 Å². The molecule has 0 N–H and O–H groups in total. The van der Waals surface area contributed by atoms with Gasteiger partial charge in [-0.05, 0) is 50.0 Å². The molecule has 1 aliphatic carbocycles. The van der Waals surface area contributed by atoms with E-state index in [1.54, 1.807) is 13.4 Å². The second-order valence-corrected chi connectivity index (χ2v) is 8.34. The molecule has 3 aromatic rings. The van der Waals surface area contributed by atoms with Crippen LogP contribution in [0.3, 0.4) is 0 Å². The Morgan fingerprint density at radius 2 is 2.03 bits per heavy atom. The van der Waals surface area contributed by atoms with E-state index >= 15 is 0 Å². The Bertz CT molecular complexity index is 1240. The minimum absolute atomic E-state index is 0.0770. The number of hydrogen-bond donors (Lipinski definition) is 0. The molecule has 0 saturated carbocycles. The zero-order valence-corrected chi connectivity index (χ0v) is 18.5. The van der Waals surface area contributed by atoms with Crippen LogP contribution in [0.4, 0.5) is 0 Å². The summed E-state index contributed by atoms with van der Waals surface area (Å²) in [6.45, 7) is 2.89. The molecule has 6 nitrogen and oxygen atoms in total. The maximum absolute atomic E-state index is 5.63. The van der Waals surface area contributed by atoms with Crippen molar-refractivity contribution in [2.45, 2.75) is 38.1 Å². The Labute approximate surface area is 188 Å². The van der Waals surface area contributed by atoms with Gasteiger partial charge < -0.3 is 9.30 Å². The number of fused-ring (bicyclic) bond motifs is 2. The molecule has 0 bridgehead atoms. The van der Waals surface area contributed by atoms with Crippen LogP contribution < -0.4 is 4.74 Å². The van der Waals surface area contributed by atoms with Crippen LogP contribution in [-0.4, -0.2) is 31.4 Å². The van der Waals surface area contributed by atoms with Crippen LogP contribution in [0, 0.1) is 6.92 Å². The molecule has 3 heterocycles. The molecule has 2 aromatic heterocycles. The number of hydrogen-bond acceptors (Lipinski definition) is 4. The molecule has 0 saturated heterocycles. The highest BCUT2D eigenvalue weighted by atomic mass is 16.5. The lowest BCUT2D eigenvalue weighted by Crippen LogP contribution is -2.32. The lowest BCUT2D eigenvalue weighted by atomic mass is 9.76. The molecule has 2 aliphatic rings. The van der Waals surface area contributed by atoms with Gasteiger partial charge in [-0.1, -0.05) is 48.6 Å². The molecule has 0 fully saturated rings. The molecule has 0 radical (unpaired) electrons. The standard InChI is InChI=1S/C26H27N5O/c1-20-18-30(19-27-20)22-11-9-21(17-23(22)32-2)10-12-24-28-25-26(15-8-16-31(25)29-24)13-6-4-3-5-7-14-26/h3-7,9-13,17-19H,8,14-16H2,1-2H3/b4-3-,7-5-,12-10+,13-6+. The van der Waals surface area contributed by atoms with Crippen LogP contribution in [0.15, 0.2) is 67.2 Å². The Morgan fingerprint density at radius 1 is 1.12 bits per heavy atom. The van der Waals surface area contributed by atoms with Gasteiger partial charge in [-0.15, -0.1) is 0 Å². The monoisotopic (exact) mass is 425 g/mol. The van der Waals surface area contributed by atoms with Crippen LogP contribution in [0.2, 0.25) is 0 Å². The van der Waals surface area contributed by atoms with Crippen LogP contribution in [0.25, 0.3) is 17.8 Å². The summed E-state index contributed by atoms with van der Waals surface area (Å²) in [4.78, 5) is 9.25. The molecule has 5 rings (SSSR count). The summed E-state index contributed by atoms with van der Waals surface area (Å²) in [6, 6.07) is 6.13. The molecule has 1 atom stereocenters. The molecule has 1 spiro atoms. The van der Waals surface area contributed by atoms with Crippen LogP contribution in [-0.2, 0) is 12.0 Å². The first-order valence-electron chi connectivity index (χ1n) is 11.0. The quantitative estimate of drug-likeness (QED) is 0.587. The van der Waals surface area contributed by atoms with Crippen molar-refractivity contribution in [3.05, 3.63) is 90.1 Å². The van der Waals surface area contributed by atoms with E-state index in [4.69, 9.17) is 14.8 Å². The maximum Gasteiger partial charge on any atom is 0.174 e. The van der Waals surface area contributed by atoms with E-state index in [0.717, 1.165) is 60.2 Å². The van der Waals surface area contributed by atoms with Crippen LogP contribution in [0.5, 0.6) is 5.75 Å². The number of allylic oxidation sites excluding steroid dienone is 6. The number of rotatable bonds is 4. The number of ether oxygens (including phenoxy) is 1. The van der Waals surface area contributed by atoms with E-state index < -0.39 is 0 Å². The van der Waals surface area contributed by atoms with E-state index in [-0.39, 0.29) is 5.41 Å². The van der Waals surface area contributed by atoms with Gasteiger partial charge >= 0.3 is 0 Å². The Kier molecular flexibility index (Phi) is 5.35. The smallest absolute Gasteiger partial charge is 0.174 e. The molecular formula is C26H27N5O.